The molecular weight excluding hydrogens is 522 g/mol. The summed E-state index contributed by atoms with van der Waals surface area (Å²) in [5, 5.41) is 16.4. The fourth-order valence-electron chi connectivity index (χ4n) is 6.49. The van der Waals surface area contributed by atoms with Gasteiger partial charge in [0.1, 0.15) is 11.3 Å². The number of amides is 3. The summed E-state index contributed by atoms with van der Waals surface area (Å²) >= 11 is 6.52. The Balaban J connectivity index is 1.31. The number of nitrogens with zero attached hydrogens (tertiary/aromatic N) is 1. The molecular formula is C29H24ClN3O6. The number of halogens is 1. The lowest BCUT2D eigenvalue weighted by molar-refractivity contribution is -0.143. The van der Waals surface area contributed by atoms with E-state index in [1.807, 2.05) is 13.0 Å². The van der Waals surface area contributed by atoms with Gasteiger partial charge in [0.2, 0.25) is 24.5 Å². The summed E-state index contributed by atoms with van der Waals surface area (Å²) in [6.07, 6.45) is 0.377. The van der Waals surface area contributed by atoms with E-state index >= 15 is 0 Å². The van der Waals surface area contributed by atoms with Crippen LogP contribution < -0.4 is 20.1 Å². The third kappa shape index (κ3) is 3.46. The van der Waals surface area contributed by atoms with Crippen LogP contribution in [0.15, 0.2) is 54.6 Å². The van der Waals surface area contributed by atoms with Crippen LogP contribution in [0, 0.1) is 18.8 Å². The second kappa shape index (κ2) is 8.46. The quantitative estimate of drug-likeness (QED) is 0.431. The number of anilines is 1. The Morgan fingerprint density at radius 1 is 1.00 bits per heavy atom. The number of hydrogen-bond donors (Lipinski definition) is 3. The maximum absolute atomic E-state index is 14.1. The maximum Gasteiger partial charge on any atom is 0.250 e. The summed E-state index contributed by atoms with van der Waals surface area (Å²) < 4.78 is 10.9. The summed E-state index contributed by atoms with van der Waals surface area (Å²) in [6, 6.07) is 15.1. The molecule has 4 heterocycles. The summed E-state index contributed by atoms with van der Waals surface area (Å²) in [5.41, 5.74) is 1.99. The highest BCUT2D eigenvalue weighted by molar-refractivity contribution is 6.35. The van der Waals surface area contributed by atoms with Crippen molar-refractivity contribution in [3.63, 3.8) is 0 Å². The van der Waals surface area contributed by atoms with Gasteiger partial charge in [-0.05, 0) is 60.4 Å². The summed E-state index contributed by atoms with van der Waals surface area (Å²) in [6.45, 7) is 2.04. The van der Waals surface area contributed by atoms with Gasteiger partial charge >= 0.3 is 0 Å². The Labute approximate surface area is 228 Å². The van der Waals surface area contributed by atoms with Crippen molar-refractivity contribution in [3.8, 4) is 17.2 Å². The highest BCUT2D eigenvalue weighted by atomic mass is 35.5. The van der Waals surface area contributed by atoms with Crippen molar-refractivity contribution in [3.05, 3.63) is 81.9 Å². The zero-order chi connectivity index (χ0) is 27.1. The molecule has 3 aromatic carbocycles. The van der Waals surface area contributed by atoms with Gasteiger partial charge in [0.15, 0.2) is 11.5 Å². The SMILES string of the molecule is Cc1cc(Cl)c2c(c1)[C@]1(N[C@H](Cc3ccc(O)cc3)[C@H]3C(=O)N(Cc4ccc5c(c4)OCO5)C(=O)[C@H]31)C(=O)N2. The largest absolute Gasteiger partial charge is 0.508 e. The zero-order valence-electron chi connectivity index (χ0n) is 20.9. The summed E-state index contributed by atoms with van der Waals surface area (Å²) in [7, 11) is 0. The van der Waals surface area contributed by atoms with Gasteiger partial charge in [0.25, 0.3) is 0 Å². The third-order valence-corrected chi connectivity index (χ3v) is 8.48. The Bertz CT molecular complexity index is 1570. The predicted molar refractivity (Wildman–Crippen MR) is 140 cm³/mol. The maximum atomic E-state index is 14.1. The van der Waals surface area contributed by atoms with Crippen LogP contribution in [0.3, 0.4) is 0 Å². The first kappa shape index (κ1) is 24.0. The molecule has 0 saturated carbocycles. The molecule has 3 amide bonds. The normalized spacial score (nSPS) is 26.4. The van der Waals surface area contributed by atoms with Gasteiger partial charge in [-0.25, -0.2) is 0 Å². The molecule has 198 valence electrons. The number of ether oxygens (including phenoxy) is 2. The number of aromatic hydroxyl groups is 1. The van der Waals surface area contributed by atoms with E-state index in [9.17, 15) is 19.5 Å². The number of phenols is 1. The lowest BCUT2D eigenvalue weighted by Gasteiger charge is -2.30. The van der Waals surface area contributed by atoms with Crippen LogP contribution in [-0.2, 0) is 32.9 Å². The number of rotatable bonds is 4. The van der Waals surface area contributed by atoms with Crippen LogP contribution in [0.4, 0.5) is 5.69 Å². The number of imide groups is 1. The van der Waals surface area contributed by atoms with E-state index in [2.05, 4.69) is 10.6 Å². The number of nitrogens with one attached hydrogen (secondary N) is 2. The number of carbonyl (C=O) groups is 3. The summed E-state index contributed by atoms with van der Waals surface area (Å²) in [5.74, 6) is -1.60. The van der Waals surface area contributed by atoms with E-state index in [-0.39, 0.29) is 25.0 Å². The average molecular weight is 546 g/mol. The van der Waals surface area contributed by atoms with Gasteiger partial charge in [0.05, 0.1) is 29.1 Å². The smallest absolute Gasteiger partial charge is 0.250 e. The van der Waals surface area contributed by atoms with E-state index in [0.717, 1.165) is 11.1 Å². The van der Waals surface area contributed by atoms with Gasteiger partial charge in [0, 0.05) is 11.6 Å². The molecule has 3 N–H and O–H groups in total. The van der Waals surface area contributed by atoms with Crippen LogP contribution in [0.25, 0.3) is 0 Å². The minimum atomic E-state index is -1.45. The van der Waals surface area contributed by atoms with E-state index in [4.69, 9.17) is 21.1 Å². The summed E-state index contributed by atoms with van der Waals surface area (Å²) in [4.78, 5) is 43.1. The molecule has 2 saturated heterocycles. The third-order valence-electron chi connectivity index (χ3n) is 8.18. The van der Waals surface area contributed by atoms with Gasteiger partial charge in [-0.15, -0.1) is 0 Å². The fraction of sp³-hybridized carbons (Fsp3) is 0.276. The number of carbonyl (C=O) groups excluding carboxylic acids is 3. The Kier molecular flexibility index (Phi) is 5.20. The molecule has 0 unspecified atom stereocenters. The molecule has 0 radical (unpaired) electrons. The van der Waals surface area contributed by atoms with E-state index in [0.29, 0.717) is 39.8 Å². The van der Waals surface area contributed by atoms with Crippen molar-refractivity contribution in [2.45, 2.75) is 31.5 Å². The predicted octanol–water partition coefficient (Wildman–Crippen LogP) is 3.25. The van der Waals surface area contributed by atoms with E-state index < -0.39 is 35.2 Å². The Morgan fingerprint density at radius 2 is 1.74 bits per heavy atom. The molecule has 2 fully saturated rings. The van der Waals surface area contributed by atoms with E-state index in [1.54, 1.807) is 48.5 Å². The lowest BCUT2D eigenvalue weighted by atomic mass is 9.76. The number of hydrogen-bond acceptors (Lipinski definition) is 7. The molecule has 0 aliphatic carbocycles. The minimum Gasteiger partial charge on any atom is -0.508 e. The van der Waals surface area contributed by atoms with Crippen molar-refractivity contribution in [2.75, 3.05) is 12.1 Å². The molecule has 1 spiro atoms. The lowest BCUT2D eigenvalue weighted by Crippen LogP contribution is -2.53. The first-order valence-corrected chi connectivity index (χ1v) is 13.1. The van der Waals surface area contributed by atoms with Gasteiger partial charge in [-0.3, -0.25) is 24.6 Å². The second-order valence-corrected chi connectivity index (χ2v) is 10.9. The van der Waals surface area contributed by atoms with Crippen LogP contribution >= 0.6 is 11.6 Å². The Morgan fingerprint density at radius 3 is 2.54 bits per heavy atom. The van der Waals surface area contributed by atoms with Crippen molar-refractivity contribution >= 4 is 35.0 Å². The highest BCUT2D eigenvalue weighted by Crippen LogP contribution is 2.55. The number of benzene rings is 3. The molecule has 39 heavy (non-hydrogen) atoms. The number of likely N-dealkylation sites (tertiary alicyclic amines) is 1. The monoisotopic (exact) mass is 545 g/mol. The first-order chi connectivity index (χ1) is 18.8. The first-order valence-electron chi connectivity index (χ1n) is 12.7. The van der Waals surface area contributed by atoms with Crippen molar-refractivity contribution < 1.29 is 29.0 Å². The van der Waals surface area contributed by atoms with Crippen molar-refractivity contribution in [1.82, 2.24) is 10.2 Å². The van der Waals surface area contributed by atoms with Crippen LogP contribution in [-0.4, -0.2) is 40.6 Å². The van der Waals surface area contributed by atoms with Crippen molar-refractivity contribution in [1.29, 1.82) is 0 Å². The highest BCUT2D eigenvalue weighted by Gasteiger charge is 2.70. The van der Waals surface area contributed by atoms with Crippen LogP contribution in [0.5, 0.6) is 17.2 Å². The number of aryl methyl sites for hydroxylation is 1. The van der Waals surface area contributed by atoms with Gasteiger partial charge < -0.3 is 19.9 Å². The minimum absolute atomic E-state index is 0.0480. The average Bonchev–Trinajstić information content (AvgIpc) is 3.63. The fourth-order valence-corrected chi connectivity index (χ4v) is 6.81. The molecule has 3 aromatic rings. The second-order valence-electron chi connectivity index (χ2n) is 10.5. The van der Waals surface area contributed by atoms with Gasteiger partial charge in [-0.1, -0.05) is 35.9 Å². The molecule has 0 bridgehead atoms. The molecule has 4 atom stereocenters. The topological polar surface area (TPSA) is 117 Å². The van der Waals surface area contributed by atoms with Crippen LogP contribution in [0.2, 0.25) is 5.02 Å². The molecule has 4 aliphatic heterocycles. The Hall–Kier alpha value is -4.08. The molecule has 10 heteroatoms. The molecule has 4 aliphatic rings. The van der Waals surface area contributed by atoms with Gasteiger partial charge in [-0.2, -0.15) is 0 Å². The molecule has 9 nitrogen and oxygen atoms in total. The standard InChI is InChI=1S/C29H24ClN3O6/c1-14-8-18-25(19(30)9-14)31-28(37)29(18)24-23(20(32-29)10-15-2-5-17(34)6-3-15)26(35)33(27(24)36)12-16-4-7-21-22(11-16)39-13-38-21/h2-9,11,20,23-24,32,34H,10,12-13H2,1H3,(H,31,37)/t20-,23-,24+,29-/m1/s1. The zero-order valence-corrected chi connectivity index (χ0v) is 21.6. The van der Waals surface area contributed by atoms with E-state index in [1.165, 1.54) is 4.90 Å². The molecule has 0 aromatic heterocycles. The van der Waals surface area contributed by atoms with Crippen molar-refractivity contribution in [2.24, 2.45) is 11.8 Å². The molecule has 7 rings (SSSR count). The number of phenolic OH excluding ortho intramolecular Hbond substituents is 1. The number of fused-ring (bicyclic) bond motifs is 5. The van der Waals surface area contributed by atoms with Crippen LogP contribution in [0.1, 0.15) is 22.3 Å².